The summed E-state index contributed by atoms with van der Waals surface area (Å²) in [6, 6.07) is -0.443. The lowest BCUT2D eigenvalue weighted by Gasteiger charge is -2.17. The molecule has 0 aromatic heterocycles. The van der Waals surface area contributed by atoms with Crippen LogP contribution in [0.1, 0.15) is 39.5 Å². The van der Waals surface area contributed by atoms with E-state index < -0.39 is 6.04 Å². The molecule has 5 N–H and O–H groups in total. The van der Waals surface area contributed by atoms with E-state index in [1.54, 1.807) is 0 Å². The Bertz CT molecular complexity index is 231. The quantitative estimate of drug-likeness (QED) is 0.516. The van der Waals surface area contributed by atoms with Gasteiger partial charge in [-0.1, -0.05) is 20.3 Å². The fraction of sp³-hybridized carbons (Fsp3) is 0.818. The second-order valence-corrected chi connectivity index (χ2v) is 4.13. The summed E-state index contributed by atoms with van der Waals surface area (Å²) in [6.45, 7) is 4.51. The molecule has 0 heterocycles. The second-order valence-electron chi connectivity index (χ2n) is 4.13. The summed E-state index contributed by atoms with van der Waals surface area (Å²) >= 11 is 0. The van der Waals surface area contributed by atoms with Crippen molar-refractivity contribution in [3.63, 3.8) is 0 Å². The van der Waals surface area contributed by atoms with Crippen LogP contribution in [0.15, 0.2) is 0 Å². The van der Waals surface area contributed by atoms with Crippen LogP contribution in [0.2, 0.25) is 0 Å². The molecule has 0 aliphatic carbocycles. The van der Waals surface area contributed by atoms with Gasteiger partial charge in [-0.25, -0.2) is 0 Å². The molecule has 5 nitrogen and oxygen atoms in total. The van der Waals surface area contributed by atoms with Crippen molar-refractivity contribution in [1.29, 1.82) is 0 Å². The summed E-state index contributed by atoms with van der Waals surface area (Å²) in [5.41, 5.74) is 10.7. The van der Waals surface area contributed by atoms with Gasteiger partial charge in [0.15, 0.2) is 0 Å². The molecule has 0 spiro atoms. The summed E-state index contributed by atoms with van der Waals surface area (Å²) in [4.78, 5) is 22.0. The maximum absolute atomic E-state index is 11.5. The number of carbonyl (C=O) groups excluding carboxylic acids is 2. The number of rotatable bonds is 8. The van der Waals surface area contributed by atoms with Crippen LogP contribution >= 0.6 is 0 Å². The zero-order valence-corrected chi connectivity index (χ0v) is 10.2. The van der Waals surface area contributed by atoms with Crippen LogP contribution in [-0.4, -0.2) is 24.4 Å². The highest BCUT2D eigenvalue weighted by molar-refractivity contribution is 5.81. The lowest BCUT2D eigenvalue weighted by Crippen LogP contribution is -2.44. The lowest BCUT2D eigenvalue weighted by molar-refractivity contribution is -0.123. The molecular weight excluding hydrogens is 206 g/mol. The lowest BCUT2D eigenvalue weighted by atomic mass is 9.99. The Hall–Kier alpha value is -1.10. The molecule has 16 heavy (non-hydrogen) atoms. The first-order valence-electron chi connectivity index (χ1n) is 5.80. The number of unbranched alkanes of at least 4 members (excludes halogenated alkanes) is 1. The molecule has 0 aliphatic heterocycles. The largest absolute Gasteiger partial charge is 0.370 e. The highest BCUT2D eigenvalue weighted by atomic mass is 16.2. The van der Waals surface area contributed by atoms with Gasteiger partial charge in [0.1, 0.15) is 0 Å². The van der Waals surface area contributed by atoms with Crippen LogP contribution in [0.5, 0.6) is 0 Å². The van der Waals surface area contributed by atoms with Crippen molar-refractivity contribution >= 4 is 11.8 Å². The van der Waals surface area contributed by atoms with Gasteiger partial charge in [0.05, 0.1) is 6.04 Å². The highest BCUT2D eigenvalue weighted by Crippen LogP contribution is 2.05. The van der Waals surface area contributed by atoms with Gasteiger partial charge in [0.2, 0.25) is 11.8 Å². The van der Waals surface area contributed by atoms with Gasteiger partial charge in [0.25, 0.3) is 0 Å². The molecule has 2 atom stereocenters. The Morgan fingerprint density at radius 1 is 1.31 bits per heavy atom. The number of amides is 2. The number of primary amides is 1. The normalized spacial score (nSPS) is 14.2. The van der Waals surface area contributed by atoms with E-state index >= 15 is 0 Å². The third-order valence-corrected chi connectivity index (χ3v) is 2.71. The first-order chi connectivity index (χ1) is 7.49. The van der Waals surface area contributed by atoms with E-state index in [1.165, 1.54) is 0 Å². The summed E-state index contributed by atoms with van der Waals surface area (Å²) in [6.07, 6.45) is 2.71. The molecule has 94 valence electrons. The molecule has 0 unspecified atom stereocenters. The van der Waals surface area contributed by atoms with Crippen molar-refractivity contribution < 1.29 is 9.59 Å². The maximum atomic E-state index is 11.5. The van der Waals surface area contributed by atoms with Crippen molar-refractivity contribution in [2.75, 3.05) is 6.54 Å². The predicted octanol–water partition coefficient (Wildman–Crippen LogP) is 0.132. The van der Waals surface area contributed by atoms with E-state index in [0.29, 0.717) is 19.4 Å². The van der Waals surface area contributed by atoms with Gasteiger partial charge >= 0.3 is 0 Å². The van der Waals surface area contributed by atoms with Crippen LogP contribution < -0.4 is 16.8 Å². The van der Waals surface area contributed by atoms with E-state index in [0.717, 1.165) is 12.8 Å². The SMILES string of the molecule is CC[C@H](C)[C@H](N)C(=O)NCCCCC(N)=O. The van der Waals surface area contributed by atoms with Crippen molar-refractivity contribution in [2.45, 2.75) is 45.6 Å². The van der Waals surface area contributed by atoms with E-state index in [-0.39, 0.29) is 17.7 Å². The van der Waals surface area contributed by atoms with E-state index in [4.69, 9.17) is 11.5 Å². The minimum atomic E-state index is -0.443. The number of hydrogen-bond acceptors (Lipinski definition) is 3. The topological polar surface area (TPSA) is 98.2 Å². The predicted molar refractivity (Wildman–Crippen MR) is 63.5 cm³/mol. The van der Waals surface area contributed by atoms with E-state index in [9.17, 15) is 9.59 Å². The first-order valence-corrected chi connectivity index (χ1v) is 5.80. The van der Waals surface area contributed by atoms with Crippen molar-refractivity contribution in [2.24, 2.45) is 17.4 Å². The number of hydrogen-bond donors (Lipinski definition) is 3. The van der Waals surface area contributed by atoms with E-state index in [1.807, 2.05) is 13.8 Å². The molecule has 0 saturated heterocycles. The van der Waals surface area contributed by atoms with Gasteiger partial charge in [0, 0.05) is 13.0 Å². The van der Waals surface area contributed by atoms with Gasteiger partial charge in [-0.2, -0.15) is 0 Å². The fourth-order valence-corrected chi connectivity index (χ4v) is 1.27. The monoisotopic (exact) mass is 229 g/mol. The van der Waals surface area contributed by atoms with Gasteiger partial charge in [-0.3, -0.25) is 9.59 Å². The number of nitrogens with one attached hydrogen (secondary N) is 1. The molecule has 0 bridgehead atoms. The molecule has 0 aliphatic rings. The molecule has 0 radical (unpaired) electrons. The van der Waals surface area contributed by atoms with Crippen LogP contribution in [-0.2, 0) is 9.59 Å². The Morgan fingerprint density at radius 2 is 1.94 bits per heavy atom. The maximum Gasteiger partial charge on any atom is 0.237 e. The van der Waals surface area contributed by atoms with Gasteiger partial charge in [-0.05, 0) is 18.8 Å². The van der Waals surface area contributed by atoms with Gasteiger partial charge < -0.3 is 16.8 Å². The summed E-state index contributed by atoms with van der Waals surface area (Å²) in [5.74, 6) is -0.235. The minimum absolute atomic E-state index is 0.117. The molecule has 0 saturated carbocycles. The molecule has 0 fully saturated rings. The molecule has 0 aromatic rings. The van der Waals surface area contributed by atoms with Crippen LogP contribution in [0.25, 0.3) is 0 Å². The summed E-state index contributed by atoms with van der Waals surface area (Å²) < 4.78 is 0. The third-order valence-electron chi connectivity index (χ3n) is 2.71. The molecule has 2 amide bonds. The number of carbonyl (C=O) groups is 2. The smallest absolute Gasteiger partial charge is 0.237 e. The minimum Gasteiger partial charge on any atom is -0.370 e. The van der Waals surface area contributed by atoms with Crippen molar-refractivity contribution in [1.82, 2.24) is 5.32 Å². The van der Waals surface area contributed by atoms with Crippen LogP contribution in [0, 0.1) is 5.92 Å². The second kappa shape index (κ2) is 8.10. The summed E-state index contributed by atoms with van der Waals surface area (Å²) in [5, 5.41) is 2.76. The van der Waals surface area contributed by atoms with E-state index in [2.05, 4.69) is 5.32 Å². The Morgan fingerprint density at radius 3 is 2.44 bits per heavy atom. The zero-order chi connectivity index (χ0) is 12.6. The Labute approximate surface area is 96.9 Å². The zero-order valence-electron chi connectivity index (χ0n) is 10.2. The molecule has 5 heteroatoms. The molecule has 0 rings (SSSR count). The van der Waals surface area contributed by atoms with Crippen molar-refractivity contribution in [3.05, 3.63) is 0 Å². The molecular formula is C11H23N3O2. The average Bonchev–Trinajstić information content (AvgIpc) is 2.25. The Kier molecular flexibility index (Phi) is 7.54. The standard InChI is InChI=1S/C11H23N3O2/c1-3-8(2)10(13)11(16)14-7-5-4-6-9(12)15/h8,10H,3-7,13H2,1-2H3,(H2,12,15)(H,14,16)/t8-,10-/m0/s1. The first kappa shape index (κ1) is 14.9. The number of nitrogens with two attached hydrogens (primary N) is 2. The van der Waals surface area contributed by atoms with Gasteiger partial charge in [-0.15, -0.1) is 0 Å². The van der Waals surface area contributed by atoms with Crippen molar-refractivity contribution in [3.8, 4) is 0 Å². The van der Waals surface area contributed by atoms with Crippen LogP contribution in [0.4, 0.5) is 0 Å². The third kappa shape index (κ3) is 6.40. The molecule has 0 aromatic carbocycles. The summed E-state index contributed by atoms with van der Waals surface area (Å²) in [7, 11) is 0. The highest BCUT2D eigenvalue weighted by Gasteiger charge is 2.18. The Balaban J connectivity index is 3.61. The average molecular weight is 229 g/mol. The fourth-order valence-electron chi connectivity index (χ4n) is 1.27. The van der Waals surface area contributed by atoms with Crippen LogP contribution in [0.3, 0.4) is 0 Å².